The average Bonchev–Trinajstić information content (AvgIpc) is 2.38. The van der Waals surface area contributed by atoms with Gasteiger partial charge in [0, 0.05) is 31.8 Å². The van der Waals surface area contributed by atoms with Crippen molar-refractivity contribution in [1.29, 1.82) is 0 Å². The summed E-state index contributed by atoms with van der Waals surface area (Å²) in [4.78, 5) is 12.8. The van der Waals surface area contributed by atoms with Crippen LogP contribution < -0.4 is 15.0 Å². The highest BCUT2D eigenvalue weighted by atomic mass is 16.6. The Kier molecular flexibility index (Phi) is 2.59. The number of hydrogen-bond donors (Lipinski definition) is 1. The van der Waals surface area contributed by atoms with Crippen molar-refractivity contribution in [2.45, 2.75) is 13.0 Å². The summed E-state index contributed by atoms with van der Waals surface area (Å²) in [6, 6.07) is 3.47. The number of nitro benzene ring substituents is 1. The number of ether oxygens (including phenoxy) is 1. The molecule has 1 aromatic rings. The van der Waals surface area contributed by atoms with Crippen molar-refractivity contribution in [2.75, 3.05) is 31.1 Å². The van der Waals surface area contributed by atoms with Gasteiger partial charge >= 0.3 is 0 Å². The lowest BCUT2D eigenvalue weighted by Crippen LogP contribution is -2.55. The van der Waals surface area contributed by atoms with E-state index >= 15 is 0 Å². The Morgan fingerprint density at radius 2 is 2.39 bits per heavy atom. The van der Waals surface area contributed by atoms with Crippen LogP contribution in [0.15, 0.2) is 12.1 Å². The monoisotopic (exact) mass is 249 g/mol. The predicted octanol–water partition coefficient (Wildman–Crippen LogP) is 1.07. The minimum Gasteiger partial charge on any atom is -0.489 e. The van der Waals surface area contributed by atoms with Crippen LogP contribution in [0.25, 0.3) is 0 Å². The Morgan fingerprint density at radius 1 is 1.56 bits per heavy atom. The molecule has 0 saturated carbocycles. The standard InChI is InChI=1S/C12H15N3O3/c1-8-4-9(15(16)17)5-11-12(8)18-7-10-6-13-2-3-14(10)11/h4-5,10,13H,2-3,6-7H2,1H3. The molecule has 96 valence electrons. The van der Waals surface area contributed by atoms with Crippen LogP contribution in [0.5, 0.6) is 5.75 Å². The quantitative estimate of drug-likeness (QED) is 0.595. The number of hydrogen-bond acceptors (Lipinski definition) is 5. The maximum atomic E-state index is 10.9. The fourth-order valence-electron chi connectivity index (χ4n) is 2.65. The maximum absolute atomic E-state index is 10.9. The molecule has 0 radical (unpaired) electrons. The Bertz CT molecular complexity index is 504. The molecular weight excluding hydrogens is 234 g/mol. The fourth-order valence-corrected chi connectivity index (χ4v) is 2.65. The van der Waals surface area contributed by atoms with Gasteiger partial charge in [0.15, 0.2) is 0 Å². The molecule has 2 heterocycles. The van der Waals surface area contributed by atoms with Gasteiger partial charge < -0.3 is 15.0 Å². The van der Waals surface area contributed by atoms with Crippen LogP contribution >= 0.6 is 0 Å². The van der Waals surface area contributed by atoms with E-state index in [0.29, 0.717) is 6.61 Å². The molecule has 0 bridgehead atoms. The largest absolute Gasteiger partial charge is 0.489 e. The number of nitrogens with one attached hydrogen (secondary N) is 1. The van der Waals surface area contributed by atoms with Crippen LogP contribution in [0.3, 0.4) is 0 Å². The maximum Gasteiger partial charge on any atom is 0.272 e. The molecule has 3 rings (SSSR count). The number of non-ortho nitro benzene ring substituents is 1. The summed E-state index contributed by atoms with van der Waals surface area (Å²) < 4.78 is 5.75. The van der Waals surface area contributed by atoms with Crippen LogP contribution in [-0.4, -0.2) is 37.2 Å². The smallest absolute Gasteiger partial charge is 0.272 e. The molecule has 0 aliphatic carbocycles. The zero-order chi connectivity index (χ0) is 12.7. The van der Waals surface area contributed by atoms with E-state index in [4.69, 9.17) is 4.74 Å². The summed E-state index contributed by atoms with van der Waals surface area (Å²) >= 11 is 0. The molecule has 1 unspecified atom stereocenters. The molecule has 1 saturated heterocycles. The Balaban J connectivity index is 2.08. The third-order valence-electron chi connectivity index (χ3n) is 3.53. The lowest BCUT2D eigenvalue weighted by Gasteiger charge is -2.42. The SMILES string of the molecule is Cc1cc([N+](=O)[O-])cc2c1OCC1CNCCN21. The molecule has 1 fully saturated rings. The summed E-state index contributed by atoms with van der Waals surface area (Å²) in [5.74, 6) is 0.791. The highest BCUT2D eigenvalue weighted by Crippen LogP contribution is 2.39. The molecule has 18 heavy (non-hydrogen) atoms. The van der Waals surface area contributed by atoms with Crippen LogP contribution in [0.4, 0.5) is 11.4 Å². The molecule has 2 aliphatic heterocycles. The Labute approximate surface area is 105 Å². The van der Waals surface area contributed by atoms with E-state index in [2.05, 4.69) is 10.2 Å². The highest BCUT2D eigenvalue weighted by molar-refractivity contribution is 5.68. The van der Waals surface area contributed by atoms with E-state index in [1.165, 1.54) is 0 Å². The average molecular weight is 249 g/mol. The zero-order valence-electron chi connectivity index (χ0n) is 10.2. The summed E-state index contributed by atoms with van der Waals surface area (Å²) in [6.45, 7) is 5.12. The molecule has 1 N–H and O–H groups in total. The van der Waals surface area contributed by atoms with E-state index in [0.717, 1.165) is 36.6 Å². The summed E-state index contributed by atoms with van der Waals surface area (Å²) in [7, 11) is 0. The molecule has 0 aromatic heterocycles. The van der Waals surface area contributed by atoms with Crippen LogP contribution in [-0.2, 0) is 0 Å². The van der Waals surface area contributed by atoms with Crippen molar-refractivity contribution in [1.82, 2.24) is 5.32 Å². The molecule has 2 aliphatic rings. The van der Waals surface area contributed by atoms with E-state index in [1.807, 2.05) is 6.92 Å². The van der Waals surface area contributed by atoms with Crippen molar-refractivity contribution in [3.63, 3.8) is 0 Å². The summed E-state index contributed by atoms with van der Waals surface area (Å²) in [5, 5.41) is 14.2. The number of nitro groups is 1. The normalized spacial score (nSPS) is 21.8. The van der Waals surface area contributed by atoms with Gasteiger partial charge in [0.1, 0.15) is 12.4 Å². The second-order valence-electron chi connectivity index (χ2n) is 4.73. The first-order valence-corrected chi connectivity index (χ1v) is 6.06. The van der Waals surface area contributed by atoms with Crippen molar-refractivity contribution in [3.8, 4) is 5.75 Å². The van der Waals surface area contributed by atoms with Gasteiger partial charge in [0.05, 0.1) is 16.7 Å². The number of nitrogens with zero attached hydrogens (tertiary/aromatic N) is 2. The van der Waals surface area contributed by atoms with E-state index in [9.17, 15) is 10.1 Å². The Morgan fingerprint density at radius 3 is 3.17 bits per heavy atom. The zero-order valence-corrected chi connectivity index (χ0v) is 10.2. The van der Waals surface area contributed by atoms with E-state index < -0.39 is 0 Å². The van der Waals surface area contributed by atoms with E-state index in [1.54, 1.807) is 12.1 Å². The molecule has 1 aromatic carbocycles. The molecule has 1 atom stereocenters. The second kappa shape index (κ2) is 4.13. The molecule has 6 nitrogen and oxygen atoms in total. The number of benzene rings is 1. The molecule has 6 heteroatoms. The van der Waals surface area contributed by atoms with Crippen molar-refractivity contribution < 1.29 is 9.66 Å². The van der Waals surface area contributed by atoms with Gasteiger partial charge in [-0.15, -0.1) is 0 Å². The molecule has 0 spiro atoms. The summed E-state index contributed by atoms with van der Waals surface area (Å²) in [5.41, 5.74) is 1.82. The lowest BCUT2D eigenvalue weighted by molar-refractivity contribution is -0.384. The second-order valence-corrected chi connectivity index (χ2v) is 4.73. The third-order valence-corrected chi connectivity index (χ3v) is 3.53. The van der Waals surface area contributed by atoms with Crippen molar-refractivity contribution >= 4 is 11.4 Å². The number of rotatable bonds is 1. The van der Waals surface area contributed by atoms with Gasteiger partial charge in [-0.2, -0.15) is 0 Å². The number of piperazine rings is 1. The van der Waals surface area contributed by atoms with Crippen LogP contribution in [0.1, 0.15) is 5.56 Å². The Hall–Kier alpha value is -1.82. The van der Waals surface area contributed by atoms with Gasteiger partial charge in [-0.25, -0.2) is 0 Å². The fraction of sp³-hybridized carbons (Fsp3) is 0.500. The number of fused-ring (bicyclic) bond motifs is 3. The van der Waals surface area contributed by atoms with Crippen LogP contribution in [0, 0.1) is 17.0 Å². The van der Waals surface area contributed by atoms with Crippen molar-refractivity contribution in [3.05, 3.63) is 27.8 Å². The number of aryl methyl sites for hydroxylation is 1. The predicted molar refractivity (Wildman–Crippen MR) is 67.3 cm³/mol. The first-order valence-electron chi connectivity index (χ1n) is 6.06. The third kappa shape index (κ3) is 1.69. The first kappa shape index (κ1) is 11.3. The van der Waals surface area contributed by atoms with Gasteiger partial charge in [0.2, 0.25) is 0 Å². The summed E-state index contributed by atoms with van der Waals surface area (Å²) in [6.07, 6.45) is 0. The number of anilines is 1. The topological polar surface area (TPSA) is 67.6 Å². The van der Waals surface area contributed by atoms with Crippen LogP contribution in [0.2, 0.25) is 0 Å². The highest BCUT2D eigenvalue weighted by Gasteiger charge is 2.32. The minimum absolute atomic E-state index is 0.133. The van der Waals surface area contributed by atoms with Gasteiger partial charge in [0.25, 0.3) is 5.69 Å². The van der Waals surface area contributed by atoms with E-state index in [-0.39, 0.29) is 16.7 Å². The lowest BCUT2D eigenvalue weighted by atomic mass is 10.1. The molecular formula is C12H15N3O3. The van der Waals surface area contributed by atoms with Crippen molar-refractivity contribution in [2.24, 2.45) is 0 Å². The van der Waals surface area contributed by atoms with Gasteiger partial charge in [-0.3, -0.25) is 10.1 Å². The molecule has 0 amide bonds. The van der Waals surface area contributed by atoms with Gasteiger partial charge in [-0.05, 0) is 12.5 Å². The first-order chi connectivity index (χ1) is 8.66. The van der Waals surface area contributed by atoms with Gasteiger partial charge in [-0.1, -0.05) is 0 Å². The minimum atomic E-state index is -0.348.